The van der Waals surface area contributed by atoms with Crippen LogP contribution in [0.4, 0.5) is 0 Å². The van der Waals surface area contributed by atoms with E-state index >= 15 is 0 Å². The second-order valence-corrected chi connectivity index (χ2v) is 6.44. The van der Waals surface area contributed by atoms with E-state index in [0.717, 1.165) is 16.2 Å². The van der Waals surface area contributed by atoms with Crippen molar-refractivity contribution in [2.75, 3.05) is 7.11 Å². The first-order chi connectivity index (χ1) is 11.0. The summed E-state index contributed by atoms with van der Waals surface area (Å²) in [4.78, 5) is 26.0. The third-order valence-corrected chi connectivity index (χ3v) is 4.53. The average molecular weight is 327 g/mol. The number of ether oxygens (including phenoxy) is 1. The second-order valence-electron chi connectivity index (χ2n) is 5.15. The molecule has 1 heterocycles. The van der Waals surface area contributed by atoms with Crippen LogP contribution in [0.2, 0.25) is 0 Å². The molecule has 0 fully saturated rings. The number of methoxy groups -OCH3 is 1. The van der Waals surface area contributed by atoms with E-state index < -0.39 is 11.7 Å². The summed E-state index contributed by atoms with van der Waals surface area (Å²) in [7, 11) is 1.59. The highest BCUT2D eigenvalue weighted by molar-refractivity contribution is 7.14. The van der Waals surface area contributed by atoms with Gasteiger partial charge in [0.1, 0.15) is 5.75 Å². The maximum Gasteiger partial charge on any atom is 0.197 e. The fraction of sp³-hybridized carbons (Fsp3) is 0.278. The normalized spacial score (nSPS) is 11.5. The van der Waals surface area contributed by atoms with Crippen LogP contribution in [0.15, 0.2) is 36.4 Å². The topological polar surface area (TPSA) is 67.2 Å². The Morgan fingerprint density at radius 3 is 2.43 bits per heavy atom. The fourth-order valence-electron chi connectivity index (χ4n) is 2.19. The van der Waals surface area contributed by atoms with Crippen LogP contribution < -0.4 is 4.74 Å². The largest absolute Gasteiger partial charge is 0.497 e. The molecule has 0 bridgehead atoms. The summed E-state index contributed by atoms with van der Waals surface area (Å²) in [6.07, 6.45) is 0.665. The van der Waals surface area contributed by atoms with Gasteiger partial charge < -0.3 is 4.74 Å². The van der Waals surface area contributed by atoms with Crippen molar-refractivity contribution in [1.82, 2.24) is 0 Å². The van der Waals surface area contributed by atoms with Gasteiger partial charge in [-0.05, 0) is 43.2 Å². The van der Waals surface area contributed by atoms with Gasteiger partial charge in [0.2, 0.25) is 0 Å². The summed E-state index contributed by atoms with van der Waals surface area (Å²) < 4.78 is 5.08. The van der Waals surface area contributed by atoms with Crippen LogP contribution in [0.5, 0.6) is 5.75 Å². The Morgan fingerprint density at radius 2 is 1.91 bits per heavy atom. The van der Waals surface area contributed by atoms with Crippen LogP contribution in [-0.4, -0.2) is 18.7 Å². The van der Waals surface area contributed by atoms with Gasteiger partial charge in [-0.1, -0.05) is 12.1 Å². The summed E-state index contributed by atoms with van der Waals surface area (Å²) in [5.41, 5.74) is 0.968. The smallest absolute Gasteiger partial charge is 0.197 e. The van der Waals surface area contributed by atoms with Crippen molar-refractivity contribution in [3.8, 4) is 11.8 Å². The first-order valence-corrected chi connectivity index (χ1v) is 8.02. The summed E-state index contributed by atoms with van der Waals surface area (Å²) in [6, 6.07) is 12.7. The lowest BCUT2D eigenvalue weighted by atomic mass is 9.94. The number of carbonyl (C=O) groups is 2. The minimum Gasteiger partial charge on any atom is -0.497 e. The predicted molar refractivity (Wildman–Crippen MR) is 88.8 cm³/mol. The fourth-order valence-corrected chi connectivity index (χ4v) is 3.03. The molecular formula is C18H17NO3S. The van der Waals surface area contributed by atoms with Crippen molar-refractivity contribution in [3.63, 3.8) is 0 Å². The molecule has 0 saturated heterocycles. The molecule has 0 spiro atoms. The lowest BCUT2D eigenvalue weighted by molar-refractivity contribution is -0.120. The number of Topliss-reactive ketones (excluding diaryl/α,β-unsaturated/α-hetero) is 2. The average Bonchev–Trinajstić information content (AvgIpc) is 3.00. The van der Waals surface area contributed by atoms with Gasteiger partial charge in [0.05, 0.1) is 18.1 Å². The molecule has 0 aliphatic heterocycles. The van der Waals surface area contributed by atoms with E-state index in [1.807, 2.05) is 43.3 Å². The molecule has 0 amide bonds. The Hall–Kier alpha value is -2.45. The molecule has 1 aromatic carbocycles. The van der Waals surface area contributed by atoms with Crippen molar-refractivity contribution in [2.45, 2.75) is 19.8 Å². The van der Waals surface area contributed by atoms with Crippen LogP contribution in [0.25, 0.3) is 0 Å². The SMILES string of the molecule is COc1ccc(CCC(=O)[C@H](C#N)C(=O)c2ccc(C)s2)cc1. The molecule has 23 heavy (non-hydrogen) atoms. The molecule has 0 aliphatic carbocycles. The van der Waals surface area contributed by atoms with Gasteiger partial charge in [0.25, 0.3) is 0 Å². The number of ketones is 2. The molecule has 1 atom stereocenters. The molecule has 0 saturated carbocycles. The maximum absolute atomic E-state index is 12.3. The molecule has 2 aromatic rings. The molecule has 0 N–H and O–H groups in total. The van der Waals surface area contributed by atoms with Crippen molar-refractivity contribution in [2.24, 2.45) is 5.92 Å². The van der Waals surface area contributed by atoms with Crippen molar-refractivity contribution >= 4 is 22.9 Å². The quantitative estimate of drug-likeness (QED) is 0.576. The number of benzene rings is 1. The predicted octanol–water partition coefficient (Wildman–Crippen LogP) is 3.59. The molecule has 0 unspecified atom stereocenters. The lowest BCUT2D eigenvalue weighted by Gasteiger charge is -2.07. The zero-order chi connectivity index (χ0) is 16.8. The molecule has 4 nitrogen and oxygen atoms in total. The Kier molecular flexibility index (Phi) is 5.67. The second kappa shape index (κ2) is 7.70. The van der Waals surface area contributed by atoms with E-state index in [9.17, 15) is 14.9 Å². The summed E-state index contributed by atoms with van der Waals surface area (Å²) >= 11 is 1.31. The van der Waals surface area contributed by atoms with Crippen LogP contribution >= 0.6 is 11.3 Å². The Balaban J connectivity index is 1.99. The van der Waals surface area contributed by atoms with Crippen molar-refractivity contribution in [1.29, 1.82) is 5.26 Å². The lowest BCUT2D eigenvalue weighted by Crippen LogP contribution is -2.22. The third-order valence-electron chi connectivity index (χ3n) is 3.52. The van der Waals surface area contributed by atoms with Gasteiger partial charge in [-0.15, -0.1) is 11.3 Å². The van der Waals surface area contributed by atoms with Gasteiger partial charge in [-0.2, -0.15) is 5.26 Å². The van der Waals surface area contributed by atoms with Crippen LogP contribution in [-0.2, 0) is 11.2 Å². The first-order valence-electron chi connectivity index (χ1n) is 7.21. The summed E-state index contributed by atoms with van der Waals surface area (Å²) in [5.74, 6) is -1.20. The third kappa shape index (κ3) is 4.27. The monoisotopic (exact) mass is 327 g/mol. The van der Waals surface area contributed by atoms with E-state index in [4.69, 9.17) is 4.74 Å². The Labute approximate surface area is 139 Å². The summed E-state index contributed by atoms with van der Waals surface area (Å²) in [5, 5.41) is 9.20. The standard InChI is InChI=1S/C18H17NO3S/c1-12-3-10-17(23-12)18(21)15(11-19)16(20)9-6-13-4-7-14(22-2)8-5-13/h3-5,7-8,10,15H,6,9H2,1-2H3/t15-/m0/s1. The van der Waals surface area contributed by atoms with E-state index in [-0.39, 0.29) is 12.2 Å². The highest BCUT2D eigenvalue weighted by atomic mass is 32.1. The minimum atomic E-state index is -1.22. The van der Waals surface area contributed by atoms with Gasteiger partial charge in [-0.3, -0.25) is 9.59 Å². The number of aryl methyl sites for hydroxylation is 2. The molecule has 2 rings (SSSR count). The highest BCUT2D eigenvalue weighted by Gasteiger charge is 2.27. The van der Waals surface area contributed by atoms with E-state index in [0.29, 0.717) is 11.3 Å². The maximum atomic E-state index is 12.3. The number of nitriles is 1. The van der Waals surface area contributed by atoms with E-state index in [1.54, 1.807) is 13.2 Å². The molecular weight excluding hydrogens is 310 g/mol. The number of nitrogens with zero attached hydrogens (tertiary/aromatic N) is 1. The molecule has 5 heteroatoms. The summed E-state index contributed by atoms with van der Waals surface area (Å²) in [6.45, 7) is 1.88. The number of carbonyl (C=O) groups excluding carboxylic acids is 2. The Bertz CT molecular complexity index is 740. The van der Waals surface area contributed by atoms with Gasteiger partial charge >= 0.3 is 0 Å². The van der Waals surface area contributed by atoms with Crippen molar-refractivity contribution in [3.05, 3.63) is 51.7 Å². The van der Waals surface area contributed by atoms with Crippen LogP contribution in [0.1, 0.15) is 26.5 Å². The van der Waals surface area contributed by atoms with Crippen LogP contribution in [0.3, 0.4) is 0 Å². The Morgan fingerprint density at radius 1 is 1.22 bits per heavy atom. The molecule has 0 radical (unpaired) electrons. The minimum absolute atomic E-state index is 0.167. The van der Waals surface area contributed by atoms with Gasteiger partial charge in [0, 0.05) is 11.3 Å². The molecule has 1 aromatic heterocycles. The van der Waals surface area contributed by atoms with Crippen molar-refractivity contribution < 1.29 is 14.3 Å². The van der Waals surface area contributed by atoms with Crippen LogP contribution in [0, 0.1) is 24.2 Å². The highest BCUT2D eigenvalue weighted by Crippen LogP contribution is 2.21. The number of hydrogen-bond acceptors (Lipinski definition) is 5. The number of hydrogen-bond donors (Lipinski definition) is 0. The molecule has 118 valence electrons. The first kappa shape index (κ1) is 16.9. The number of rotatable bonds is 7. The zero-order valence-electron chi connectivity index (χ0n) is 13.0. The number of thiophene rings is 1. The van der Waals surface area contributed by atoms with Gasteiger partial charge in [0.15, 0.2) is 17.5 Å². The van der Waals surface area contributed by atoms with Gasteiger partial charge in [-0.25, -0.2) is 0 Å². The van der Waals surface area contributed by atoms with E-state index in [1.165, 1.54) is 11.3 Å². The zero-order valence-corrected chi connectivity index (χ0v) is 13.9. The molecule has 0 aliphatic rings. The van der Waals surface area contributed by atoms with E-state index in [2.05, 4.69) is 0 Å².